The maximum atomic E-state index is 8.71. The van der Waals surface area contributed by atoms with Gasteiger partial charge in [0.2, 0.25) is 0 Å². The standard InChI is InChI=1S/C24H49NO2/c1-2-3-4-5-6-7-8-9-10-11-12-13-14-15-16-17-18-19-20-21-22-25-23-24(26)27/h9-10,24-27H,2-8,11-23H2,1H3. The second-order valence-corrected chi connectivity index (χ2v) is 8.04. The first-order valence-electron chi connectivity index (χ1n) is 12.0. The molecule has 0 aromatic heterocycles. The molecule has 0 amide bonds. The van der Waals surface area contributed by atoms with Gasteiger partial charge < -0.3 is 15.5 Å². The fourth-order valence-electron chi connectivity index (χ4n) is 3.44. The summed E-state index contributed by atoms with van der Waals surface area (Å²) in [7, 11) is 0. The van der Waals surface area contributed by atoms with Crippen molar-refractivity contribution >= 4 is 0 Å². The molecule has 0 spiro atoms. The van der Waals surface area contributed by atoms with Crippen molar-refractivity contribution in [3.63, 3.8) is 0 Å². The molecule has 0 aromatic carbocycles. The SMILES string of the molecule is CCCCCCCCC=CCCCCCCCCCCCCNCC(O)O. The molecule has 0 aliphatic carbocycles. The Morgan fingerprint density at radius 3 is 1.44 bits per heavy atom. The summed E-state index contributed by atoms with van der Waals surface area (Å²) >= 11 is 0. The fraction of sp³-hybridized carbons (Fsp3) is 0.917. The first-order chi connectivity index (χ1) is 13.3. The van der Waals surface area contributed by atoms with E-state index in [1.165, 1.54) is 109 Å². The minimum atomic E-state index is -1.22. The zero-order valence-electron chi connectivity index (χ0n) is 18.3. The Kier molecular flexibility index (Phi) is 23.3. The van der Waals surface area contributed by atoms with Crippen LogP contribution in [0.2, 0.25) is 0 Å². The van der Waals surface area contributed by atoms with E-state index in [1.54, 1.807) is 0 Å². The molecule has 0 aliphatic rings. The van der Waals surface area contributed by atoms with Gasteiger partial charge in [-0.1, -0.05) is 103 Å². The summed E-state index contributed by atoms with van der Waals surface area (Å²) in [5, 5.41) is 20.5. The summed E-state index contributed by atoms with van der Waals surface area (Å²) in [6.07, 6.45) is 27.9. The lowest BCUT2D eigenvalue weighted by Crippen LogP contribution is -2.26. The molecule has 0 bridgehead atoms. The molecule has 162 valence electrons. The van der Waals surface area contributed by atoms with E-state index >= 15 is 0 Å². The number of unbranched alkanes of at least 4 members (excludes halogenated alkanes) is 16. The quantitative estimate of drug-likeness (QED) is 0.114. The molecule has 0 atom stereocenters. The number of hydrogen-bond acceptors (Lipinski definition) is 3. The zero-order chi connectivity index (χ0) is 19.8. The highest BCUT2D eigenvalue weighted by molar-refractivity contribution is 4.81. The summed E-state index contributed by atoms with van der Waals surface area (Å²) in [6.45, 7) is 3.46. The minimum absolute atomic E-state index is 0.287. The molecule has 0 aromatic rings. The lowest BCUT2D eigenvalue weighted by molar-refractivity contribution is -0.0370. The van der Waals surface area contributed by atoms with Crippen LogP contribution in [0.3, 0.4) is 0 Å². The average molecular weight is 384 g/mol. The maximum Gasteiger partial charge on any atom is 0.164 e. The van der Waals surface area contributed by atoms with Crippen molar-refractivity contribution in [1.82, 2.24) is 5.32 Å². The van der Waals surface area contributed by atoms with Crippen molar-refractivity contribution in [2.45, 2.75) is 129 Å². The van der Waals surface area contributed by atoms with Crippen LogP contribution in [0, 0.1) is 0 Å². The Balaban J connectivity index is 3.05. The molecular formula is C24H49NO2. The van der Waals surface area contributed by atoms with Crippen molar-refractivity contribution in [2.24, 2.45) is 0 Å². The number of allylic oxidation sites excluding steroid dienone is 2. The van der Waals surface area contributed by atoms with Crippen LogP contribution in [0.5, 0.6) is 0 Å². The molecule has 0 aliphatic heterocycles. The van der Waals surface area contributed by atoms with Crippen molar-refractivity contribution in [2.75, 3.05) is 13.1 Å². The van der Waals surface area contributed by atoms with E-state index in [0.29, 0.717) is 0 Å². The lowest BCUT2D eigenvalue weighted by Gasteiger charge is -2.06. The largest absolute Gasteiger partial charge is 0.367 e. The predicted molar refractivity (Wildman–Crippen MR) is 119 cm³/mol. The third-order valence-electron chi connectivity index (χ3n) is 5.19. The van der Waals surface area contributed by atoms with E-state index in [-0.39, 0.29) is 6.54 Å². The zero-order valence-corrected chi connectivity index (χ0v) is 18.3. The molecule has 3 nitrogen and oxygen atoms in total. The van der Waals surface area contributed by atoms with E-state index < -0.39 is 6.29 Å². The van der Waals surface area contributed by atoms with Gasteiger partial charge in [0, 0.05) is 6.54 Å². The third-order valence-corrected chi connectivity index (χ3v) is 5.19. The van der Waals surface area contributed by atoms with Gasteiger partial charge in [0.05, 0.1) is 0 Å². The van der Waals surface area contributed by atoms with Gasteiger partial charge in [-0.05, 0) is 38.6 Å². The normalized spacial score (nSPS) is 11.9. The van der Waals surface area contributed by atoms with Gasteiger partial charge in [-0.25, -0.2) is 0 Å². The van der Waals surface area contributed by atoms with Gasteiger partial charge in [0.25, 0.3) is 0 Å². The van der Waals surface area contributed by atoms with Crippen LogP contribution in [0.15, 0.2) is 12.2 Å². The van der Waals surface area contributed by atoms with E-state index in [0.717, 1.165) is 13.0 Å². The minimum Gasteiger partial charge on any atom is -0.367 e. The second kappa shape index (κ2) is 23.7. The number of aliphatic hydroxyl groups is 2. The van der Waals surface area contributed by atoms with Gasteiger partial charge in [-0.3, -0.25) is 0 Å². The Morgan fingerprint density at radius 2 is 1.00 bits per heavy atom. The van der Waals surface area contributed by atoms with Gasteiger partial charge in [0.15, 0.2) is 6.29 Å². The van der Waals surface area contributed by atoms with Crippen LogP contribution >= 0.6 is 0 Å². The van der Waals surface area contributed by atoms with Gasteiger partial charge >= 0.3 is 0 Å². The highest BCUT2D eigenvalue weighted by Gasteiger charge is 1.96. The highest BCUT2D eigenvalue weighted by atomic mass is 16.5. The molecule has 3 N–H and O–H groups in total. The molecule has 3 heteroatoms. The van der Waals surface area contributed by atoms with Crippen LogP contribution in [0.25, 0.3) is 0 Å². The van der Waals surface area contributed by atoms with Gasteiger partial charge in [-0.15, -0.1) is 0 Å². The average Bonchev–Trinajstić information content (AvgIpc) is 2.65. The topological polar surface area (TPSA) is 52.5 Å². The third kappa shape index (κ3) is 25.6. The molecule has 0 saturated heterocycles. The van der Waals surface area contributed by atoms with Crippen molar-refractivity contribution in [1.29, 1.82) is 0 Å². The first kappa shape index (κ1) is 26.6. The summed E-state index contributed by atoms with van der Waals surface area (Å²) < 4.78 is 0. The first-order valence-corrected chi connectivity index (χ1v) is 12.0. The van der Waals surface area contributed by atoms with E-state index in [4.69, 9.17) is 10.2 Å². The Morgan fingerprint density at radius 1 is 0.593 bits per heavy atom. The highest BCUT2D eigenvalue weighted by Crippen LogP contribution is 2.12. The summed E-state index contributed by atoms with van der Waals surface area (Å²) in [4.78, 5) is 0. The molecule has 0 fully saturated rings. The van der Waals surface area contributed by atoms with Crippen LogP contribution in [0.4, 0.5) is 0 Å². The molecule has 0 radical (unpaired) electrons. The Labute approximate surface area is 170 Å². The summed E-state index contributed by atoms with van der Waals surface area (Å²) in [5.41, 5.74) is 0. The smallest absolute Gasteiger partial charge is 0.164 e. The molecule has 0 unspecified atom stereocenters. The van der Waals surface area contributed by atoms with Crippen LogP contribution in [-0.4, -0.2) is 29.6 Å². The van der Waals surface area contributed by atoms with Crippen LogP contribution in [-0.2, 0) is 0 Å². The number of rotatable bonds is 22. The second-order valence-electron chi connectivity index (χ2n) is 8.04. The monoisotopic (exact) mass is 383 g/mol. The summed E-state index contributed by atoms with van der Waals surface area (Å²) in [6, 6.07) is 0. The molecule has 0 saturated carbocycles. The van der Waals surface area contributed by atoms with Gasteiger partial charge in [-0.2, -0.15) is 0 Å². The van der Waals surface area contributed by atoms with E-state index in [9.17, 15) is 0 Å². The lowest BCUT2D eigenvalue weighted by atomic mass is 10.1. The van der Waals surface area contributed by atoms with E-state index in [2.05, 4.69) is 24.4 Å². The Hall–Kier alpha value is -0.380. The summed E-state index contributed by atoms with van der Waals surface area (Å²) in [5.74, 6) is 0. The molecule has 0 rings (SSSR count). The predicted octanol–water partition coefficient (Wildman–Crippen LogP) is 6.48. The van der Waals surface area contributed by atoms with Crippen molar-refractivity contribution in [3.05, 3.63) is 12.2 Å². The molecule has 0 heterocycles. The number of hydrogen-bond donors (Lipinski definition) is 3. The van der Waals surface area contributed by atoms with Crippen molar-refractivity contribution in [3.8, 4) is 0 Å². The van der Waals surface area contributed by atoms with Crippen molar-refractivity contribution < 1.29 is 10.2 Å². The van der Waals surface area contributed by atoms with Crippen LogP contribution in [0.1, 0.15) is 122 Å². The molecular weight excluding hydrogens is 334 g/mol. The Bertz CT molecular complexity index is 292. The fourth-order valence-corrected chi connectivity index (χ4v) is 3.44. The number of nitrogens with one attached hydrogen (secondary N) is 1. The number of aliphatic hydroxyl groups excluding tert-OH is 1. The maximum absolute atomic E-state index is 8.71. The molecule has 27 heavy (non-hydrogen) atoms. The van der Waals surface area contributed by atoms with Gasteiger partial charge in [0.1, 0.15) is 0 Å². The van der Waals surface area contributed by atoms with Crippen LogP contribution < -0.4 is 5.32 Å². The van der Waals surface area contributed by atoms with E-state index in [1.807, 2.05) is 0 Å².